The molecule has 1 aliphatic rings. The van der Waals surface area contributed by atoms with Gasteiger partial charge in [0.2, 0.25) is 5.89 Å². The van der Waals surface area contributed by atoms with Crippen LogP contribution in [-0.4, -0.2) is 47.5 Å². The van der Waals surface area contributed by atoms with E-state index in [0.29, 0.717) is 17.1 Å². The van der Waals surface area contributed by atoms with Crippen molar-refractivity contribution in [1.82, 2.24) is 15.1 Å². The van der Waals surface area contributed by atoms with Gasteiger partial charge in [-0.25, -0.2) is 4.79 Å². The van der Waals surface area contributed by atoms with E-state index in [-0.39, 0.29) is 25.1 Å². The Balaban J connectivity index is 1.22. The van der Waals surface area contributed by atoms with E-state index in [9.17, 15) is 14.4 Å². The van der Waals surface area contributed by atoms with E-state index in [1.165, 1.54) is 0 Å². The van der Waals surface area contributed by atoms with Gasteiger partial charge < -0.3 is 23.9 Å². The molecule has 10 nitrogen and oxygen atoms in total. The molecule has 1 aliphatic heterocycles. The molecule has 160 valence electrons. The average Bonchev–Trinajstić information content (AvgIpc) is 3.16. The Hall–Kier alpha value is -4.08. The number of ether oxygens (including phenoxy) is 3. The molecule has 0 aliphatic carbocycles. The predicted molar refractivity (Wildman–Crippen MR) is 107 cm³/mol. The summed E-state index contributed by atoms with van der Waals surface area (Å²) in [4.78, 5) is 35.8. The summed E-state index contributed by atoms with van der Waals surface area (Å²) in [5.74, 6) is -0.753. The molecule has 0 saturated heterocycles. The second-order valence-corrected chi connectivity index (χ2v) is 6.66. The van der Waals surface area contributed by atoms with Crippen LogP contribution in [0.5, 0.6) is 11.5 Å². The Labute approximate surface area is 176 Å². The van der Waals surface area contributed by atoms with Crippen molar-refractivity contribution >= 4 is 11.9 Å². The fourth-order valence-corrected chi connectivity index (χ4v) is 2.86. The van der Waals surface area contributed by atoms with Crippen molar-refractivity contribution in [1.29, 1.82) is 0 Å². The lowest BCUT2D eigenvalue weighted by Gasteiger charge is -2.26. The van der Waals surface area contributed by atoms with Crippen LogP contribution < -0.4 is 20.5 Å². The number of nitrogens with zero attached hydrogens (tertiary/aromatic N) is 2. The maximum Gasteiger partial charge on any atom is 0.437 e. The number of nitrogens with one attached hydrogen (secondary N) is 1. The summed E-state index contributed by atoms with van der Waals surface area (Å²) < 4.78 is 22.1. The molecular weight excluding hydrogens is 406 g/mol. The molecular formula is C21H19N3O7. The van der Waals surface area contributed by atoms with Gasteiger partial charge in [-0.05, 0) is 24.3 Å². The Morgan fingerprint density at radius 3 is 2.65 bits per heavy atom. The molecule has 3 aromatic rings. The van der Waals surface area contributed by atoms with E-state index < -0.39 is 30.8 Å². The highest BCUT2D eigenvalue weighted by molar-refractivity contribution is 5.80. The molecule has 4 rings (SSSR count). The molecule has 10 heteroatoms. The third kappa shape index (κ3) is 5.10. The summed E-state index contributed by atoms with van der Waals surface area (Å²) in [6.07, 6.45) is -0.361. The van der Waals surface area contributed by atoms with Crippen LogP contribution in [0.1, 0.15) is 0 Å². The number of amides is 1. The molecule has 1 amide bonds. The molecule has 0 bridgehead atoms. The van der Waals surface area contributed by atoms with E-state index in [2.05, 4.69) is 10.4 Å². The second-order valence-electron chi connectivity index (χ2n) is 6.66. The topological polar surface area (TPSA) is 122 Å². The maximum absolute atomic E-state index is 12.0. The Bertz CT molecular complexity index is 1120. The van der Waals surface area contributed by atoms with Gasteiger partial charge in [0.1, 0.15) is 19.3 Å². The minimum absolute atomic E-state index is 0.0902. The summed E-state index contributed by atoms with van der Waals surface area (Å²) >= 11 is 0. The lowest BCUT2D eigenvalue weighted by molar-refractivity contribution is -0.149. The number of carbonyl (C=O) groups excluding carboxylic acids is 2. The maximum atomic E-state index is 12.0. The summed E-state index contributed by atoms with van der Waals surface area (Å²) in [5, 5.41) is 6.58. The summed E-state index contributed by atoms with van der Waals surface area (Å²) in [6.45, 7) is -0.496. The van der Waals surface area contributed by atoms with Crippen LogP contribution in [0.25, 0.3) is 11.5 Å². The number of rotatable bonds is 7. The lowest BCUT2D eigenvalue weighted by Crippen LogP contribution is -2.42. The highest BCUT2D eigenvalue weighted by Crippen LogP contribution is 2.30. The first-order valence-electron chi connectivity index (χ1n) is 9.52. The summed E-state index contributed by atoms with van der Waals surface area (Å²) in [7, 11) is 0. The monoisotopic (exact) mass is 425 g/mol. The highest BCUT2D eigenvalue weighted by Gasteiger charge is 2.21. The van der Waals surface area contributed by atoms with Gasteiger partial charge >= 0.3 is 11.7 Å². The molecule has 0 spiro atoms. The first kappa shape index (κ1) is 20.2. The first-order valence-corrected chi connectivity index (χ1v) is 9.52. The van der Waals surface area contributed by atoms with Crippen molar-refractivity contribution in [3.8, 4) is 23.0 Å². The van der Waals surface area contributed by atoms with Crippen LogP contribution in [0.3, 0.4) is 0 Å². The minimum Gasteiger partial charge on any atom is -0.486 e. The van der Waals surface area contributed by atoms with Crippen LogP contribution in [0.15, 0.2) is 63.8 Å². The molecule has 2 aromatic carbocycles. The Morgan fingerprint density at radius 1 is 1.10 bits per heavy atom. The zero-order chi connectivity index (χ0) is 21.6. The summed E-state index contributed by atoms with van der Waals surface area (Å²) in [5.41, 5.74) is 0.600. The number of hydrogen-bond acceptors (Lipinski definition) is 8. The van der Waals surface area contributed by atoms with Crippen molar-refractivity contribution in [2.45, 2.75) is 12.6 Å². The van der Waals surface area contributed by atoms with Crippen LogP contribution in [0, 0.1) is 0 Å². The number of carbonyl (C=O) groups is 2. The molecule has 0 saturated carbocycles. The molecule has 0 radical (unpaired) electrons. The van der Waals surface area contributed by atoms with Gasteiger partial charge in [0.25, 0.3) is 5.91 Å². The summed E-state index contributed by atoms with van der Waals surface area (Å²) in [6, 6.07) is 16.0. The fraction of sp³-hybridized carbons (Fsp3) is 0.238. The number of aromatic nitrogens is 2. The predicted octanol–water partition coefficient (Wildman–Crippen LogP) is 1.00. The van der Waals surface area contributed by atoms with E-state index in [1.807, 2.05) is 18.2 Å². The van der Waals surface area contributed by atoms with E-state index >= 15 is 0 Å². The third-order valence-corrected chi connectivity index (χ3v) is 4.36. The minimum atomic E-state index is -0.796. The van der Waals surface area contributed by atoms with Crippen LogP contribution in [0.4, 0.5) is 0 Å². The molecule has 1 aromatic heterocycles. The van der Waals surface area contributed by atoms with Crippen molar-refractivity contribution in [2.75, 3.05) is 19.8 Å². The molecule has 0 fully saturated rings. The lowest BCUT2D eigenvalue weighted by atomic mass is 10.2. The van der Waals surface area contributed by atoms with E-state index in [4.69, 9.17) is 18.6 Å². The van der Waals surface area contributed by atoms with Crippen LogP contribution >= 0.6 is 0 Å². The second kappa shape index (κ2) is 9.16. The standard InChI is InChI=1S/C21H19N3O7/c25-18(22-10-15-12-28-16-8-4-5-9-17(16)30-15)13-29-19(26)11-24-21(27)31-20(23-24)14-6-2-1-3-7-14/h1-9,15H,10-13H2,(H,22,25). The van der Waals surface area contributed by atoms with Gasteiger partial charge in [0, 0.05) is 5.56 Å². The van der Waals surface area contributed by atoms with Gasteiger partial charge in [0.05, 0.1) is 6.54 Å². The van der Waals surface area contributed by atoms with Crippen LogP contribution in [0.2, 0.25) is 0 Å². The zero-order valence-electron chi connectivity index (χ0n) is 16.4. The van der Waals surface area contributed by atoms with Gasteiger partial charge in [-0.1, -0.05) is 30.3 Å². The van der Waals surface area contributed by atoms with E-state index in [1.54, 1.807) is 36.4 Å². The fourth-order valence-electron chi connectivity index (χ4n) is 2.86. The number of fused-ring (bicyclic) bond motifs is 1. The van der Waals surface area contributed by atoms with E-state index in [0.717, 1.165) is 4.68 Å². The van der Waals surface area contributed by atoms with Crippen molar-refractivity contribution < 1.29 is 28.2 Å². The quantitative estimate of drug-likeness (QED) is 0.557. The zero-order valence-corrected chi connectivity index (χ0v) is 16.4. The number of benzene rings is 2. The molecule has 1 N–H and O–H groups in total. The van der Waals surface area contributed by atoms with Crippen molar-refractivity contribution in [3.63, 3.8) is 0 Å². The third-order valence-electron chi connectivity index (χ3n) is 4.36. The number of esters is 1. The number of hydrogen-bond donors (Lipinski definition) is 1. The highest BCUT2D eigenvalue weighted by atomic mass is 16.6. The van der Waals surface area contributed by atoms with Gasteiger partial charge in [-0.3, -0.25) is 9.59 Å². The van der Waals surface area contributed by atoms with Crippen LogP contribution in [-0.2, 0) is 20.9 Å². The van der Waals surface area contributed by atoms with Crippen molar-refractivity contribution in [3.05, 3.63) is 65.1 Å². The first-order chi connectivity index (χ1) is 15.1. The van der Waals surface area contributed by atoms with Gasteiger partial charge in [-0.15, -0.1) is 5.10 Å². The smallest absolute Gasteiger partial charge is 0.437 e. The number of para-hydroxylation sites is 2. The molecule has 31 heavy (non-hydrogen) atoms. The van der Waals surface area contributed by atoms with Gasteiger partial charge in [-0.2, -0.15) is 4.68 Å². The Kier molecular flexibility index (Phi) is 5.97. The average molecular weight is 425 g/mol. The largest absolute Gasteiger partial charge is 0.486 e. The molecule has 1 atom stereocenters. The molecule has 2 heterocycles. The normalized spacial score (nSPS) is 14.6. The Morgan fingerprint density at radius 2 is 1.84 bits per heavy atom. The SMILES string of the molecule is O=C(COC(=O)Cn1nc(-c2ccccc2)oc1=O)NCC1COc2ccccc2O1. The van der Waals surface area contributed by atoms with Crippen molar-refractivity contribution in [2.24, 2.45) is 0 Å². The van der Waals surface area contributed by atoms with Gasteiger partial charge in [0.15, 0.2) is 18.1 Å². The molecule has 1 unspecified atom stereocenters.